The Morgan fingerprint density at radius 2 is 2.24 bits per heavy atom. The third-order valence-electron chi connectivity index (χ3n) is 2.21. The normalized spacial score (nSPS) is 11.1. The number of rotatable bonds is 1. The summed E-state index contributed by atoms with van der Waals surface area (Å²) in [6, 6.07) is 7.87. The number of carbonyl (C=O) groups excluding carboxylic acids is 1. The number of benzene rings is 1. The van der Waals surface area contributed by atoms with Crippen molar-refractivity contribution >= 4 is 43.5 Å². The van der Waals surface area contributed by atoms with Crippen LogP contribution >= 0.6 is 23.1 Å². The first-order valence-electron chi connectivity index (χ1n) is 4.70. The molecule has 0 aliphatic heterocycles. The van der Waals surface area contributed by atoms with Crippen molar-refractivity contribution < 1.29 is 4.79 Å². The van der Waals surface area contributed by atoms with E-state index >= 15 is 0 Å². The van der Waals surface area contributed by atoms with E-state index in [1.165, 1.54) is 11.3 Å². The Morgan fingerprint density at radius 3 is 3.06 bits per heavy atom. The zero-order chi connectivity index (χ0) is 11.8. The van der Waals surface area contributed by atoms with Gasteiger partial charge >= 0.3 is 5.24 Å². The number of hydrazine groups is 1. The Kier molecular flexibility index (Phi) is 2.46. The minimum atomic E-state index is -0.366. The fraction of sp³-hybridized carbons (Fsp3) is 0. The number of nitrogens with two attached hydrogens (primary N) is 1. The highest BCUT2D eigenvalue weighted by Crippen LogP contribution is 2.29. The van der Waals surface area contributed by atoms with Crippen molar-refractivity contribution in [3.63, 3.8) is 0 Å². The first-order chi connectivity index (χ1) is 8.29. The van der Waals surface area contributed by atoms with Crippen LogP contribution in [0.25, 0.3) is 15.2 Å². The molecule has 6 nitrogen and oxygen atoms in total. The maximum Gasteiger partial charge on any atom is 0.300 e. The Morgan fingerprint density at radius 1 is 1.41 bits per heavy atom. The van der Waals surface area contributed by atoms with Gasteiger partial charge in [0.2, 0.25) is 10.1 Å². The maximum absolute atomic E-state index is 11.2. The number of carbonyl (C=O) groups is 1. The number of hydrogen-bond donors (Lipinski definition) is 2. The molecule has 0 fully saturated rings. The zero-order valence-corrected chi connectivity index (χ0v) is 10.1. The van der Waals surface area contributed by atoms with Crippen LogP contribution in [0.4, 0.5) is 4.79 Å². The van der Waals surface area contributed by atoms with Crippen LogP contribution in [0.2, 0.25) is 0 Å². The van der Waals surface area contributed by atoms with Gasteiger partial charge in [-0.15, -0.1) is 10.2 Å². The smallest absolute Gasteiger partial charge is 0.285 e. The van der Waals surface area contributed by atoms with Crippen LogP contribution in [0.5, 0.6) is 0 Å². The fourth-order valence-corrected chi connectivity index (χ4v) is 3.14. The molecule has 0 saturated carbocycles. The number of nitrogens with zero attached hydrogens (tertiary/aromatic N) is 3. The van der Waals surface area contributed by atoms with E-state index in [0.717, 1.165) is 26.9 Å². The van der Waals surface area contributed by atoms with Crippen molar-refractivity contribution in [1.82, 2.24) is 20.0 Å². The van der Waals surface area contributed by atoms with Gasteiger partial charge in [-0.1, -0.05) is 23.5 Å². The van der Waals surface area contributed by atoms with Crippen molar-refractivity contribution in [2.75, 3.05) is 0 Å². The molecule has 0 aliphatic rings. The number of fused-ring (bicyclic) bond motifs is 3. The van der Waals surface area contributed by atoms with Crippen LogP contribution in [0.3, 0.4) is 0 Å². The largest absolute Gasteiger partial charge is 0.300 e. The number of thiazole rings is 1. The molecule has 0 saturated heterocycles. The SMILES string of the molecule is NNC(=O)Sc1nnc2sc3ccccc3n12. The van der Waals surface area contributed by atoms with Crippen LogP contribution in [0, 0.1) is 0 Å². The summed E-state index contributed by atoms with van der Waals surface area (Å²) in [5.41, 5.74) is 3.05. The van der Waals surface area contributed by atoms with Crippen LogP contribution in [-0.4, -0.2) is 19.8 Å². The molecule has 2 aromatic heterocycles. The highest BCUT2D eigenvalue weighted by Gasteiger charge is 2.14. The highest BCUT2D eigenvalue weighted by molar-refractivity contribution is 8.13. The third kappa shape index (κ3) is 1.66. The molecule has 17 heavy (non-hydrogen) atoms. The summed E-state index contributed by atoms with van der Waals surface area (Å²) in [6.07, 6.45) is 0. The summed E-state index contributed by atoms with van der Waals surface area (Å²) in [5, 5.41) is 8.14. The van der Waals surface area contributed by atoms with Crippen molar-refractivity contribution in [2.45, 2.75) is 5.16 Å². The topological polar surface area (TPSA) is 85.3 Å². The molecule has 0 aliphatic carbocycles. The molecule has 0 radical (unpaired) electrons. The number of aromatic nitrogens is 3. The summed E-state index contributed by atoms with van der Waals surface area (Å²) in [5.74, 6) is 5.05. The molecule has 2 heterocycles. The lowest BCUT2D eigenvalue weighted by Gasteiger charge is -1.96. The van der Waals surface area contributed by atoms with Crippen LogP contribution < -0.4 is 11.3 Å². The minimum absolute atomic E-state index is 0.366. The Balaban J connectivity index is 2.22. The molecule has 1 aromatic carbocycles. The van der Waals surface area contributed by atoms with Crippen molar-refractivity contribution in [1.29, 1.82) is 0 Å². The van der Waals surface area contributed by atoms with Gasteiger partial charge in [0.05, 0.1) is 10.2 Å². The van der Waals surface area contributed by atoms with Crippen LogP contribution in [-0.2, 0) is 0 Å². The van der Waals surface area contributed by atoms with Crippen molar-refractivity contribution in [2.24, 2.45) is 5.84 Å². The second-order valence-corrected chi connectivity index (χ2v) is 5.15. The Hall–Kier alpha value is -1.64. The molecular weight excluding hydrogens is 258 g/mol. The van der Waals surface area contributed by atoms with E-state index in [9.17, 15) is 4.79 Å². The van der Waals surface area contributed by atoms with Gasteiger partial charge in [-0.3, -0.25) is 14.6 Å². The molecule has 0 atom stereocenters. The van der Waals surface area contributed by atoms with Gasteiger partial charge in [-0.05, 0) is 12.1 Å². The van der Waals surface area contributed by atoms with Crippen LogP contribution in [0.1, 0.15) is 0 Å². The number of thioether (sulfide) groups is 1. The number of amides is 1. The minimum Gasteiger partial charge on any atom is -0.285 e. The van der Waals surface area contributed by atoms with E-state index in [4.69, 9.17) is 5.84 Å². The van der Waals surface area contributed by atoms with E-state index in [1.807, 2.05) is 28.7 Å². The molecule has 3 rings (SSSR count). The average molecular weight is 265 g/mol. The molecule has 3 aromatic rings. The number of nitrogens with one attached hydrogen (secondary N) is 1. The van der Waals surface area contributed by atoms with Gasteiger partial charge in [0.25, 0.3) is 0 Å². The van der Waals surface area contributed by atoms with E-state index in [0.29, 0.717) is 5.16 Å². The van der Waals surface area contributed by atoms with E-state index in [1.54, 1.807) is 0 Å². The molecule has 0 bridgehead atoms. The second-order valence-electron chi connectivity index (χ2n) is 3.20. The molecule has 0 unspecified atom stereocenters. The Bertz CT molecular complexity index is 704. The molecule has 86 valence electrons. The predicted octanol–water partition coefficient (Wildman–Crippen LogP) is 1.62. The van der Waals surface area contributed by atoms with E-state index < -0.39 is 0 Å². The maximum atomic E-state index is 11.2. The van der Waals surface area contributed by atoms with Gasteiger partial charge < -0.3 is 0 Å². The first kappa shape index (κ1) is 10.5. The molecular formula is C9H7N5OS2. The van der Waals surface area contributed by atoms with Gasteiger partial charge in [0.15, 0.2) is 0 Å². The second kappa shape index (κ2) is 3.99. The summed E-state index contributed by atoms with van der Waals surface area (Å²) < 4.78 is 2.95. The number of hydrogen-bond acceptors (Lipinski definition) is 6. The van der Waals surface area contributed by atoms with Gasteiger partial charge in [0, 0.05) is 11.8 Å². The lowest BCUT2D eigenvalue weighted by Crippen LogP contribution is -2.26. The molecule has 8 heteroatoms. The van der Waals surface area contributed by atoms with Gasteiger partial charge in [0.1, 0.15) is 0 Å². The van der Waals surface area contributed by atoms with E-state index in [-0.39, 0.29) is 5.24 Å². The first-order valence-corrected chi connectivity index (χ1v) is 6.34. The molecule has 0 spiro atoms. The molecule has 1 amide bonds. The van der Waals surface area contributed by atoms with Crippen LogP contribution in [0.15, 0.2) is 29.4 Å². The fourth-order valence-electron chi connectivity index (χ4n) is 1.53. The van der Waals surface area contributed by atoms with E-state index in [2.05, 4.69) is 15.6 Å². The average Bonchev–Trinajstić information content (AvgIpc) is 2.89. The quantitative estimate of drug-likeness (QED) is 0.302. The van der Waals surface area contributed by atoms with Crippen molar-refractivity contribution in [3.05, 3.63) is 24.3 Å². The summed E-state index contributed by atoms with van der Waals surface area (Å²) in [6.45, 7) is 0. The summed E-state index contributed by atoms with van der Waals surface area (Å²) >= 11 is 2.45. The van der Waals surface area contributed by atoms with Gasteiger partial charge in [-0.25, -0.2) is 5.84 Å². The standard InChI is InChI=1S/C9H7N5OS2/c10-11-9(15)17-8-13-12-7-14(8)5-3-1-2-4-6(5)16-7/h1-4H,10H2,(H,11,15). The predicted molar refractivity (Wildman–Crippen MR) is 66.9 cm³/mol. The highest BCUT2D eigenvalue weighted by atomic mass is 32.2. The Labute approximate surface area is 104 Å². The van der Waals surface area contributed by atoms with Gasteiger partial charge in [-0.2, -0.15) is 0 Å². The van der Waals surface area contributed by atoms with Crippen molar-refractivity contribution in [3.8, 4) is 0 Å². The lowest BCUT2D eigenvalue weighted by molar-refractivity contribution is 0.261. The monoisotopic (exact) mass is 265 g/mol. The summed E-state index contributed by atoms with van der Waals surface area (Å²) in [7, 11) is 0. The molecule has 3 N–H and O–H groups in total. The zero-order valence-electron chi connectivity index (χ0n) is 8.45. The summed E-state index contributed by atoms with van der Waals surface area (Å²) in [4.78, 5) is 12.0. The lowest BCUT2D eigenvalue weighted by atomic mass is 10.3. The third-order valence-corrected chi connectivity index (χ3v) is 3.97. The number of para-hydroxylation sites is 1.